The van der Waals surface area contributed by atoms with Gasteiger partial charge in [-0.25, -0.2) is 8.42 Å². The molecule has 1 fully saturated rings. The average Bonchev–Trinajstić information content (AvgIpc) is 2.66. The van der Waals surface area contributed by atoms with E-state index in [9.17, 15) is 8.42 Å². The molecule has 6 nitrogen and oxygen atoms in total. The molecule has 3 rings (SSSR count). The molecule has 27 heavy (non-hydrogen) atoms. The van der Waals surface area contributed by atoms with Gasteiger partial charge in [-0.1, -0.05) is 35.8 Å². The van der Waals surface area contributed by atoms with Crippen LogP contribution in [0.3, 0.4) is 0 Å². The molecular formula is C17H16Cl2IN3O3S. The molecule has 0 aliphatic carbocycles. The molecule has 1 aromatic heterocycles. The van der Waals surface area contributed by atoms with Crippen molar-refractivity contribution in [3.05, 3.63) is 55.9 Å². The summed E-state index contributed by atoms with van der Waals surface area (Å²) in [6.45, 7) is 5.20. The molecule has 0 spiro atoms. The fourth-order valence-corrected chi connectivity index (χ4v) is 4.57. The predicted molar refractivity (Wildman–Crippen MR) is 116 cm³/mol. The molecule has 2 heterocycles. The Morgan fingerprint density at radius 2 is 1.81 bits per heavy atom. The highest BCUT2D eigenvalue weighted by Crippen LogP contribution is 2.34. The van der Waals surface area contributed by atoms with E-state index in [0.717, 1.165) is 14.8 Å². The van der Waals surface area contributed by atoms with Gasteiger partial charge in [-0.2, -0.15) is 9.29 Å². The normalized spacial score (nSPS) is 15.6. The first-order valence-electron chi connectivity index (χ1n) is 7.97. The van der Waals surface area contributed by atoms with Crippen LogP contribution in [0.4, 0.5) is 5.82 Å². The molecule has 0 saturated carbocycles. The summed E-state index contributed by atoms with van der Waals surface area (Å²) in [5, 5.41) is 1.85. The molecule has 1 aliphatic rings. The molecular weight excluding hydrogens is 524 g/mol. The number of hydrogen-bond donors (Lipinski definition) is 0. The van der Waals surface area contributed by atoms with Crippen LogP contribution in [0.1, 0.15) is 0 Å². The zero-order valence-electron chi connectivity index (χ0n) is 14.1. The fraction of sp³-hybridized carbons (Fsp3) is 0.235. The standard InChI is InChI=1S/C17H16Cl2IN3O3S/c1-2-27(24,25)23-8-6-22(7-9-23)16-4-3-5-17(21-16)26-15-11-13(19)12(18)10-14(15)20/h2-5,10-11H,1,6-9H2. The van der Waals surface area contributed by atoms with Crippen LogP contribution < -0.4 is 9.64 Å². The maximum absolute atomic E-state index is 11.9. The van der Waals surface area contributed by atoms with E-state index in [1.54, 1.807) is 18.2 Å². The van der Waals surface area contributed by atoms with Crippen LogP contribution in [0.15, 0.2) is 42.3 Å². The van der Waals surface area contributed by atoms with E-state index in [-0.39, 0.29) is 0 Å². The van der Waals surface area contributed by atoms with Crippen molar-refractivity contribution in [2.24, 2.45) is 0 Å². The van der Waals surface area contributed by atoms with E-state index < -0.39 is 10.0 Å². The highest BCUT2D eigenvalue weighted by atomic mass is 127. The number of nitrogens with zero attached hydrogens (tertiary/aromatic N) is 3. The van der Waals surface area contributed by atoms with Gasteiger partial charge in [0.2, 0.25) is 15.9 Å². The summed E-state index contributed by atoms with van der Waals surface area (Å²) < 4.78 is 31.8. The molecule has 1 saturated heterocycles. The van der Waals surface area contributed by atoms with Gasteiger partial charge in [0.15, 0.2) is 0 Å². The third kappa shape index (κ3) is 4.86. The van der Waals surface area contributed by atoms with Crippen LogP contribution in [0, 0.1) is 3.57 Å². The Kier molecular flexibility index (Phi) is 6.52. The number of sulfonamides is 1. The zero-order valence-corrected chi connectivity index (χ0v) is 18.6. The first kappa shape index (κ1) is 20.7. The lowest BCUT2D eigenvalue weighted by Crippen LogP contribution is -2.48. The van der Waals surface area contributed by atoms with E-state index in [0.29, 0.717) is 47.9 Å². The minimum atomic E-state index is -3.39. The minimum absolute atomic E-state index is 0.381. The highest BCUT2D eigenvalue weighted by Gasteiger charge is 2.25. The Bertz CT molecular complexity index is 964. The number of rotatable bonds is 5. The van der Waals surface area contributed by atoms with Crippen LogP contribution in [0.5, 0.6) is 11.6 Å². The summed E-state index contributed by atoms with van der Waals surface area (Å²) in [6, 6.07) is 8.83. The third-order valence-electron chi connectivity index (χ3n) is 4.03. The highest BCUT2D eigenvalue weighted by molar-refractivity contribution is 14.1. The van der Waals surface area contributed by atoms with Crippen molar-refractivity contribution in [3.63, 3.8) is 0 Å². The Morgan fingerprint density at radius 3 is 2.48 bits per heavy atom. The Morgan fingerprint density at radius 1 is 1.15 bits per heavy atom. The van der Waals surface area contributed by atoms with Gasteiger partial charge in [-0.3, -0.25) is 0 Å². The first-order valence-corrected chi connectivity index (χ1v) is 11.3. The molecule has 2 aromatic rings. The van der Waals surface area contributed by atoms with E-state index in [2.05, 4.69) is 34.2 Å². The van der Waals surface area contributed by atoms with Gasteiger partial charge in [-0.15, -0.1) is 0 Å². The lowest BCUT2D eigenvalue weighted by molar-refractivity contribution is 0.387. The second-order valence-electron chi connectivity index (χ2n) is 5.73. The summed E-state index contributed by atoms with van der Waals surface area (Å²) in [4.78, 5) is 6.54. The Hall–Kier alpha value is -1.07. The van der Waals surface area contributed by atoms with Gasteiger partial charge in [0.25, 0.3) is 0 Å². The lowest BCUT2D eigenvalue weighted by Gasteiger charge is -2.34. The average molecular weight is 540 g/mol. The van der Waals surface area contributed by atoms with Crippen molar-refractivity contribution >= 4 is 61.6 Å². The fourth-order valence-electron chi connectivity index (χ4n) is 2.61. The summed E-state index contributed by atoms with van der Waals surface area (Å²) in [7, 11) is -3.39. The molecule has 0 bridgehead atoms. The lowest BCUT2D eigenvalue weighted by atomic mass is 10.3. The molecule has 10 heteroatoms. The topological polar surface area (TPSA) is 62.7 Å². The maximum atomic E-state index is 11.9. The second-order valence-corrected chi connectivity index (χ2v) is 9.59. The molecule has 144 valence electrons. The van der Waals surface area contributed by atoms with Gasteiger partial charge in [-0.05, 0) is 34.7 Å². The molecule has 0 amide bonds. The Labute approximate surface area is 181 Å². The van der Waals surface area contributed by atoms with Gasteiger partial charge in [0.05, 0.1) is 13.6 Å². The van der Waals surface area contributed by atoms with Crippen molar-refractivity contribution in [2.75, 3.05) is 31.1 Å². The first-order chi connectivity index (χ1) is 12.8. The number of anilines is 1. The van der Waals surface area contributed by atoms with Gasteiger partial charge >= 0.3 is 0 Å². The zero-order chi connectivity index (χ0) is 19.6. The number of benzene rings is 1. The molecule has 1 aliphatic heterocycles. The van der Waals surface area contributed by atoms with Gasteiger partial charge in [0.1, 0.15) is 11.6 Å². The molecule has 0 N–H and O–H groups in total. The summed E-state index contributed by atoms with van der Waals surface area (Å²) in [6.07, 6.45) is 0. The van der Waals surface area contributed by atoms with Crippen LogP contribution in [0.25, 0.3) is 0 Å². The summed E-state index contributed by atoms with van der Waals surface area (Å²) >= 11 is 14.2. The number of pyridine rings is 1. The minimum Gasteiger partial charge on any atom is -0.438 e. The van der Waals surface area contributed by atoms with Crippen LogP contribution >= 0.6 is 45.8 Å². The molecule has 0 atom stereocenters. The number of aromatic nitrogens is 1. The van der Waals surface area contributed by atoms with E-state index in [1.807, 2.05) is 17.0 Å². The largest absolute Gasteiger partial charge is 0.438 e. The quantitative estimate of drug-likeness (QED) is 0.417. The number of halogens is 3. The van der Waals surface area contributed by atoms with Gasteiger partial charge in [0, 0.05) is 43.7 Å². The smallest absolute Gasteiger partial charge is 0.235 e. The van der Waals surface area contributed by atoms with Crippen molar-refractivity contribution < 1.29 is 13.2 Å². The van der Waals surface area contributed by atoms with Crippen LogP contribution in [0.2, 0.25) is 10.0 Å². The van der Waals surface area contributed by atoms with Crippen molar-refractivity contribution in [3.8, 4) is 11.6 Å². The number of piperazine rings is 1. The van der Waals surface area contributed by atoms with E-state index in [1.165, 1.54) is 4.31 Å². The monoisotopic (exact) mass is 539 g/mol. The maximum Gasteiger partial charge on any atom is 0.235 e. The third-order valence-corrected chi connectivity index (χ3v) is 7.10. The summed E-state index contributed by atoms with van der Waals surface area (Å²) in [5.41, 5.74) is 0. The molecule has 1 aromatic carbocycles. The van der Waals surface area contributed by atoms with E-state index >= 15 is 0 Å². The number of ether oxygens (including phenoxy) is 1. The Balaban J connectivity index is 1.73. The SMILES string of the molecule is C=CS(=O)(=O)N1CCN(c2cccc(Oc3cc(Cl)c(Cl)cc3I)n2)CC1. The predicted octanol–water partition coefficient (Wildman–Crippen LogP) is 4.38. The summed E-state index contributed by atoms with van der Waals surface area (Å²) in [5.74, 6) is 1.71. The van der Waals surface area contributed by atoms with Crippen molar-refractivity contribution in [1.82, 2.24) is 9.29 Å². The second kappa shape index (κ2) is 8.52. The van der Waals surface area contributed by atoms with Gasteiger partial charge < -0.3 is 9.64 Å². The molecule has 0 radical (unpaired) electrons. The number of hydrogen-bond acceptors (Lipinski definition) is 5. The van der Waals surface area contributed by atoms with Crippen LogP contribution in [-0.2, 0) is 10.0 Å². The van der Waals surface area contributed by atoms with Crippen LogP contribution in [-0.4, -0.2) is 43.9 Å². The van der Waals surface area contributed by atoms with Crippen molar-refractivity contribution in [1.29, 1.82) is 0 Å². The molecule has 0 unspecified atom stereocenters. The van der Waals surface area contributed by atoms with Crippen molar-refractivity contribution in [2.45, 2.75) is 0 Å². The van der Waals surface area contributed by atoms with E-state index in [4.69, 9.17) is 27.9 Å².